The van der Waals surface area contributed by atoms with Crippen LogP contribution in [-0.2, 0) is 14.8 Å². The predicted octanol–water partition coefficient (Wildman–Crippen LogP) is 1.28. The molecule has 1 aliphatic rings. The van der Waals surface area contributed by atoms with E-state index in [4.69, 9.17) is 0 Å². The van der Waals surface area contributed by atoms with E-state index in [9.17, 15) is 22.0 Å². The number of hydrogen-bond acceptors (Lipinski definition) is 3. The summed E-state index contributed by atoms with van der Waals surface area (Å²) >= 11 is 2.79. The van der Waals surface area contributed by atoms with Crippen molar-refractivity contribution >= 4 is 31.9 Å². The first-order valence-corrected chi connectivity index (χ1v) is 8.01. The highest BCUT2D eigenvalue weighted by molar-refractivity contribution is 9.10. The molecule has 0 spiro atoms. The number of nitrogens with one attached hydrogen (secondary N) is 2. The molecule has 1 fully saturated rings. The Bertz CT molecular complexity index is 624. The third kappa shape index (κ3) is 3.74. The number of benzene rings is 1. The normalized spacial score (nSPS) is 15.2. The molecule has 1 aromatic rings. The van der Waals surface area contributed by atoms with Crippen molar-refractivity contribution in [2.45, 2.75) is 23.8 Å². The molecule has 2 rings (SSSR count). The van der Waals surface area contributed by atoms with E-state index in [0.717, 1.165) is 18.9 Å². The summed E-state index contributed by atoms with van der Waals surface area (Å²) in [7, 11) is -4.25. The van der Waals surface area contributed by atoms with Crippen LogP contribution in [0, 0.1) is 11.6 Å². The van der Waals surface area contributed by atoms with E-state index in [1.165, 1.54) is 0 Å². The molecule has 0 aromatic heterocycles. The summed E-state index contributed by atoms with van der Waals surface area (Å²) in [5, 5.41) is 2.58. The molecule has 110 valence electrons. The second-order valence-electron chi connectivity index (χ2n) is 4.36. The highest BCUT2D eigenvalue weighted by atomic mass is 79.9. The van der Waals surface area contributed by atoms with Gasteiger partial charge in [0.2, 0.25) is 15.9 Å². The van der Waals surface area contributed by atoms with Gasteiger partial charge in [-0.05, 0) is 34.8 Å². The molecule has 0 radical (unpaired) electrons. The Morgan fingerprint density at radius 1 is 1.35 bits per heavy atom. The molecule has 9 heteroatoms. The van der Waals surface area contributed by atoms with E-state index in [1.807, 2.05) is 4.72 Å². The van der Waals surface area contributed by atoms with Gasteiger partial charge in [-0.15, -0.1) is 0 Å². The molecule has 1 amide bonds. The van der Waals surface area contributed by atoms with Gasteiger partial charge in [0.05, 0.1) is 6.54 Å². The van der Waals surface area contributed by atoms with Crippen molar-refractivity contribution in [1.29, 1.82) is 0 Å². The van der Waals surface area contributed by atoms with Crippen LogP contribution in [-0.4, -0.2) is 26.9 Å². The second-order valence-corrected chi connectivity index (χ2v) is 6.92. The lowest BCUT2D eigenvalue weighted by Gasteiger charge is -2.09. The van der Waals surface area contributed by atoms with Crippen LogP contribution in [0.5, 0.6) is 0 Å². The molecule has 20 heavy (non-hydrogen) atoms. The molecule has 2 N–H and O–H groups in total. The second kappa shape index (κ2) is 5.74. The van der Waals surface area contributed by atoms with Crippen molar-refractivity contribution in [3.63, 3.8) is 0 Å². The fourth-order valence-electron chi connectivity index (χ4n) is 1.52. The third-order valence-corrected chi connectivity index (χ3v) is 4.96. The van der Waals surface area contributed by atoms with Gasteiger partial charge in [-0.25, -0.2) is 21.9 Å². The van der Waals surface area contributed by atoms with Crippen LogP contribution in [0.2, 0.25) is 0 Å². The van der Waals surface area contributed by atoms with E-state index < -0.39 is 39.0 Å². The van der Waals surface area contributed by atoms with Gasteiger partial charge < -0.3 is 5.32 Å². The number of carbonyl (C=O) groups is 1. The van der Waals surface area contributed by atoms with Crippen molar-refractivity contribution < 1.29 is 22.0 Å². The van der Waals surface area contributed by atoms with Gasteiger partial charge in [-0.1, -0.05) is 0 Å². The van der Waals surface area contributed by atoms with Gasteiger partial charge in [0, 0.05) is 16.6 Å². The van der Waals surface area contributed by atoms with E-state index in [-0.39, 0.29) is 10.5 Å². The minimum absolute atomic E-state index is 0.0984. The fourth-order valence-corrected chi connectivity index (χ4v) is 3.67. The first kappa shape index (κ1) is 15.3. The molecule has 0 unspecified atom stereocenters. The van der Waals surface area contributed by atoms with Crippen molar-refractivity contribution in [3.8, 4) is 0 Å². The minimum atomic E-state index is -4.25. The molecule has 0 heterocycles. The Morgan fingerprint density at radius 3 is 2.55 bits per heavy atom. The number of carbonyl (C=O) groups excluding carboxylic acids is 1. The van der Waals surface area contributed by atoms with Gasteiger partial charge in [0.25, 0.3) is 0 Å². The number of sulfonamides is 1. The fraction of sp³-hybridized carbons (Fsp3) is 0.364. The zero-order valence-electron chi connectivity index (χ0n) is 10.1. The molecule has 0 aliphatic heterocycles. The van der Waals surface area contributed by atoms with Crippen LogP contribution in [0.3, 0.4) is 0 Å². The molecular weight excluding hydrogens is 358 g/mol. The zero-order valence-corrected chi connectivity index (χ0v) is 12.5. The van der Waals surface area contributed by atoms with Gasteiger partial charge in [0.1, 0.15) is 16.5 Å². The smallest absolute Gasteiger partial charge is 0.245 e. The molecule has 0 saturated heterocycles. The van der Waals surface area contributed by atoms with E-state index in [1.54, 1.807) is 0 Å². The lowest BCUT2D eigenvalue weighted by molar-refractivity contribution is -0.120. The minimum Gasteiger partial charge on any atom is -0.352 e. The molecule has 1 aliphatic carbocycles. The maximum absolute atomic E-state index is 13.6. The molecule has 0 bridgehead atoms. The first-order chi connectivity index (χ1) is 9.29. The molecule has 5 nitrogen and oxygen atoms in total. The maximum atomic E-state index is 13.6. The molecular formula is C11H11BrF2N2O3S. The van der Waals surface area contributed by atoms with Crippen molar-refractivity contribution in [2.24, 2.45) is 0 Å². The summed E-state index contributed by atoms with van der Waals surface area (Å²) in [5.74, 6) is -2.62. The van der Waals surface area contributed by atoms with Gasteiger partial charge in [0.15, 0.2) is 0 Å². The van der Waals surface area contributed by atoms with Crippen molar-refractivity contribution in [1.82, 2.24) is 10.0 Å². The van der Waals surface area contributed by atoms with Crippen LogP contribution in [0.4, 0.5) is 8.78 Å². The summed E-state index contributed by atoms with van der Waals surface area (Å²) < 4.78 is 52.0. The van der Waals surface area contributed by atoms with Crippen molar-refractivity contribution in [3.05, 3.63) is 28.2 Å². The Kier molecular flexibility index (Phi) is 4.40. The standard InChI is InChI=1S/C11H11BrF2N2O3S/c12-8-3-6(13)4-9(14)11(8)20(18,19)15-5-10(17)16-7-1-2-7/h3-4,7,15H,1-2,5H2,(H,16,17). The van der Waals surface area contributed by atoms with Gasteiger partial charge in [-0.3, -0.25) is 4.79 Å². The van der Waals surface area contributed by atoms with Crippen LogP contribution in [0.25, 0.3) is 0 Å². The van der Waals surface area contributed by atoms with Crippen LogP contribution in [0.15, 0.2) is 21.5 Å². The van der Waals surface area contributed by atoms with Crippen molar-refractivity contribution in [2.75, 3.05) is 6.54 Å². The Morgan fingerprint density at radius 2 is 2.00 bits per heavy atom. The predicted molar refractivity (Wildman–Crippen MR) is 70.4 cm³/mol. The summed E-state index contributed by atoms with van der Waals surface area (Å²) in [6.07, 6.45) is 1.74. The number of amides is 1. The van der Waals surface area contributed by atoms with Gasteiger partial charge >= 0.3 is 0 Å². The topological polar surface area (TPSA) is 75.3 Å². The first-order valence-electron chi connectivity index (χ1n) is 5.73. The Hall–Kier alpha value is -1.06. The summed E-state index contributed by atoms with van der Waals surface area (Å²) in [4.78, 5) is 10.7. The monoisotopic (exact) mass is 368 g/mol. The van der Waals surface area contributed by atoms with Crippen LogP contribution < -0.4 is 10.0 Å². The highest BCUT2D eigenvalue weighted by Gasteiger charge is 2.26. The average Bonchev–Trinajstić information content (AvgIpc) is 3.08. The maximum Gasteiger partial charge on any atom is 0.245 e. The summed E-state index contributed by atoms with van der Waals surface area (Å²) in [6.45, 7) is -0.498. The molecule has 0 atom stereocenters. The van der Waals surface area contributed by atoms with E-state index in [2.05, 4.69) is 21.2 Å². The Balaban J connectivity index is 2.11. The largest absolute Gasteiger partial charge is 0.352 e. The van der Waals surface area contributed by atoms with E-state index in [0.29, 0.717) is 6.07 Å². The van der Waals surface area contributed by atoms with Crippen LogP contribution in [0.1, 0.15) is 12.8 Å². The van der Waals surface area contributed by atoms with Crippen LogP contribution >= 0.6 is 15.9 Å². The quantitative estimate of drug-likeness (QED) is 0.821. The average molecular weight is 369 g/mol. The number of hydrogen-bond donors (Lipinski definition) is 2. The molecule has 1 aromatic carbocycles. The zero-order chi connectivity index (χ0) is 14.9. The van der Waals surface area contributed by atoms with E-state index >= 15 is 0 Å². The number of halogens is 3. The Labute approximate surface area is 122 Å². The highest BCUT2D eigenvalue weighted by Crippen LogP contribution is 2.26. The SMILES string of the molecule is O=C(CNS(=O)(=O)c1c(F)cc(F)cc1Br)NC1CC1. The third-order valence-electron chi connectivity index (χ3n) is 2.60. The summed E-state index contributed by atoms with van der Waals surface area (Å²) in [6, 6.07) is 1.40. The summed E-state index contributed by atoms with van der Waals surface area (Å²) in [5.41, 5.74) is 0. The van der Waals surface area contributed by atoms with Gasteiger partial charge in [-0.2, -0.15) is 0 Å². The lowest BCUT2D eigenvalue weighted by atomic mass is 10.3. The molecule has 1 saturated carbocycles. The number of rotatable bonds is 5. The lowest BCUT2D eigenvalue weighted by Crippen LogP contribution is -2.38.